The standard InChI is InChI=1S/C12H22O3S/c1-15-8-5-9-16-11-7-4-2-3-6-10(11)12(13)14/h10-11H,2-9H2,1H3,(H,13,14). The Kier molecular flexibility index (Phi) is 6.88. The van der Waals surface area contributed by atoms with E-state index in [-0.39, 0.29) is 5.92 Å². The molecule has 1 rings (SSSR count). The summed E-state index contributed by atoms with van der Waals surface area (Å²) in [6, 6.07) is 0. The second-order valence-corrected chi connectivity index (χ2v) is 5.69. The third kappa shape index (κ3) is 4.74. The lowest BCUT2D eigenvalue weighted by molar-refractivity contribution is -0.141. The third-order valence-electron chi connectivity index (χ3n) is 3.09. The zero-order valence-corrected chi connectivity index (χ0v) is 10.8. The van der Waals surface area contributed by atoms with Gasteiger partial charge in [0.15, 0.2) is 0 Å². The van der Waals surface area contributed by atoms with Crippen molar-refractivity contribution in [3.63, 3.8) is 0 Å². The normalized spacial score (nSPS) is 26.3. The molecule has 0 aromatic rings. The molecular weight excluding hydrogens is 224 g/mol. The zero-order chi connectivity index (χ0) is 11.8. The first-order valence-electron chi connectivity index (χ1n) is 6.09. The Balaban J connectivity index is 2.35. The van der Waals surface area contributed by atoms with Crippen molar-refractivity contribution in [1.29, 1.82) is 0 Å². The molecule has 3 nitrogen and oxygen atoms in total. The highest BCUT2D eigenvalue weighted by atomic mass is 32.2. The van der Waals surface area contributed by atoms with E-state index in [0.29, 0.717) is 5.25 Å². The smallest absolute Gasteiger partial charge is 0.307 e. The number of carboxylic acids is 1. The molecule has 16 heavy (non-hydrogen) atoms. The maximum absolute atomic E-state index is 11.2. The average molecular weight is 246 g/mol. The number of thioether (sulfide) groups is 1. The molecule has 0 amide bonds. The van der Waals surface area contributed by atoms with Crippen LogP contribution < -0.4 is 0 Å². The predicted molar refractivity (Wildman–Crippen MR) is 66.9 cm³/mol. The van der Waals surface area contributed by atoms with E-state index in [1.54, 1.807) is 7.11 Å². The number of hydrogen-bond donors (Lipinski definition) is 1. The first-order chi connectivity index (χ1) is 7.75. The van der Waals surface area contributed by atoms with Gasteiger partial charge in [-0.25, -0.2) is 0 Å². The summed E-state index contributed by atoms with van der Waals surface area (Å²) in [5.74, 6) is 0.281. The van der Waals surface area contributed by atoms with Gasteiger partial charge in [0.25, 0.3) is 0 Å². The van der Waals surface area contributed by atoms with Gasteiger partial charge in [-0.2, -0.15) is 11.8 Å². The molecule has 4 heteroatoms. The monoisotopic (exact) mass is 246 g/mol. The van der Waals surface area contributed by atoms with Gasteiger partial charge in [0.1, 0.15) is 0 Å². The molecule has 0 spiro atoms. The lowest BCUT2D eigenvalue weighted by atomic mass is 10.0. The molecule has 0 aromatic heterocycles. The largest absolute Gasteiger partial charge is 0.481 e. The molecule has 0 heterocycles. The van der Waals surface area contributed by atoms with Crippen LogP contribution in [0.1, 0.15) is 38.5 Å². The van der Waals surface area contributed by atoms with Gasteiger partial charge >= 0.3 is 5.97 Å². The summed E-state index contributed by atoms with van der Waals surface area (Å²) < 4.78 is 5.00. The van der Waals surface area contributed by atoms with E-state index >= 15 is 0 Å². The number of hydrogen-bond acceptors (Lipinski definition) is 3. The molecule has 1 aliphatic carbocycles. The van der Waals surface area contributed by atoms with Gasteiger partial charge in [0.2, 0.25) is 0 Å². The number of carbonyl (C=O) groups is 1. The topological polar surface area (TPSA) is 46.5 Å². The van der Waals surface area contributed by atoms with Gasteiger partial charge in [-0.05, 0) is 25.0 Å². The van der Waals surface area contributed by atoms with Crippen molar-refractivity contribution in [1.82, 2.24) is 0 Å². The average Bonchev–Trinajstić information content (AvgIpc) is 2.49. The number of carboxylic acid groups (broad SMARTS) is 1. The highest BCUT2D eigenvalue weighted by molar-refractivity contribution is 7.99. The zero-order valence-electron chi connectivity index (χ0n) is 9.98. The molecular formula is C12H22O3S. The van der Waals surface area contributed by atoms with Crippen molar-refractivity contribution >= 4 is 17.7 Å². The van der Waals surface area contributed by atoms with Crippen molar-refractivity contribution < 1.29 is 14.6 Å². The first kappa shape index (κ1) is 13.8. The van der Waals surface area contributed by atoms with Crippen LogP contribution in [0, 0.1) is 5.92 Å². The Morgan fingerprint density at radius 1 is 1.38 bits per heavy atom. The van der Waals surface area contributed by atoms with E-state index in [9.17, 15) is 9.90 Å². The highest BCUT2D eigenvalue weighted by Gasteiger charge is 2.29. The maximum atomic E-state index is 11.2. The van der Waals surface area contributed by atoms with Crippen LogP contribution in [0.15, 0.2) is 0 Å². The molecule has 0 aromatic carbocycles. The van der Waals surface area contributed by atoms with Gasteiger partial charge in [-0.1, -0.05) is 19.3 Å². The van der Waals surface area contributed by atoms with E-state index in [2.05, 4.69) is 0 Å². The van der Waals surface area contributed by atoms with Crippen LogP contribution in [-0.2, 0) is 9.53 Å². The molecule has 94 valence electrons. The second kappa shape index (κ2) is 7.96. The van der Waals surface area contributed by atoms with Crippen LogP contribution in [0.5, 0.6) is 0 Å². The lowest BCUT2D eigenvalue weighted by Crippen LogP contribution is -2.25. The predicted octanol–water partition coefficient (Wildman–Crippen LogP) is 2.79. The minimum atomic E-state index is -0.605. The third-order valence-corrected chi connectivity index (χ3v) is 4.61. The van der Waals surface area contributed by atoms with Gasteiger partial charge in [0, 0.05) is 19.0 Å². The van der Waals surface area contributed by atoms with Crippen LogP contribution in [0.3, 0.4) is 0 Å². The van der Waals surface area contributed by atoms with Crippen molar-refractivity contribution in [2.75, 3.05) is 19.5 Å². The van der Waals surface area contributed by atoms with Crippen LogP contribution in [0.4, 0.5) is 0 Å². The highest BCUT2D eigenvalue weighted by Crippen LogP contribution is 2.32. The van der Waals surface area contributed by atoms with Crippen molar-refractivity contribution in [3.8, 4) is 0 Å². The van der Waals surface area contributed by atoms with Gasteiger partial charge < -0.3 is 9.84 Å². The lowest BCUT2D eigenvalue weighted by Gasteiger charge is -2.20. The first-order valence-corrected chi connectivity index (χ1v) is 7.14. The molecule has 0 aliphatic heterocycles. The second-order valence-electron chi connectivity index (χ2n) is 4.34. The van der Waals surface area contributed by atoms with Gasteiger partial charge in [0.05, 0.1) is 5.92 Å². The number of methoxy groups -OCH3 is 1. The van der Waals surface area contributed by atoms with Crippen LogP contribution in [0.2, 0.25) is 0 Å². The fourth-order valence-corrected chi connectivity index (χ4v) is 3.60. The Labute approximate surface area is 102 Å². The SMILES string of the molecule is COCCCSC1CCCCCC1C(=O)O. The molecule has 0 saturated heterocycles. The molecule has 2 unspecified atom stereocenters. The fourth-order valence-electron chi connectivity index (χ4n) is 2.19. The molecule has 1 fully saturated rings. The van der Waals surface area contributed by atoms with E-state index in [4.69, 9.17) is 4.74 Å². The molecule has 1 N–H and O–H groups in total. The Morgan fingerprint density at radius 2 is 2.12 bits per heavy atom. The summed E-state index contributed by atoms with van der Waals surface area (Å²) >= 11 is 1.83. The summed E-state index contributed by atoms with van der Waals surface area (Å²) in [6.45, 7) is 0.775. The van der Waals surface area contributed by atoms with Gasteiger partial charge in [-0.3, -0.25) is 4.79 Å². The Morgan fingerprint density at radius 3 is 2.81 bits per heavy atom. The molecule has 1 aliphatic rings. The van der Waals surface area contributed by atoms with Crippen molar-refractivity contribution in [3.05, 3.63) is 0 Å². The molecule has 0 radical (unpaired) electrons. The number of aliphatic carboxylic acids is 1. The summed E-state index contributed by atoms with van der Waals surface area (Å²) in [7, 11) is 1.70. The van der Waals surface area contributed by atoms with E-state index in [1.165, 1.54) is 12.8 Å². The van der Waals surface area contributed by atoms with E-state index in [0.717, 1.165) is 38.0 Å². The molecule has 2 atom stereocenters. The minimum absolute atomic E-state index is 0.130. The van der Waals surface area contributed by atoms with Crippen LogP contribution in [0.25, 0.3) is 0 Å². The van der Waals surface area contributed by atoms with Crippen molar-refractivity contribution in [2.45, 2.75) is 43.8 Å². The minimum Gasteiger partial charge on any atom is -0.481 e. The summed E-state index contributed by atoms with van der Waals surface area (Å²) in [4.78, 5) is 11.2. The quantitative estimate of drug-likeness (QED) is 0.578. The Hall–Kier alpha value is -0.220. The van der Waals surface area contributed by atoms with E-state index < -0.39 is 5.97 Å². The maximum Gasteiger partial charge on any atom is 0.307 e. The number of rotatable bonds is 6. The number of ether oxygens (including phenoxy) is 1. The summed E-state index contributed by atoms with van der Waals surface area (Å²) in [5, 5.41) is 9.51. The molecule has 1 saturated carbocycles. The Bertz CT molecular complexity index is 208. The van der Waals surface area contributed by atoms with Crippen LogP contribution in [-0.4, -0.2) is 35.8 Å². The molecule has 0 bridgehead atoms. The van der Waals surface area contributed by atoms with E-state index in [1.807, 2.05) is 11.8 Å². The summed E-state index contributed by atoms with van der Waals surface area (Å²) in [6.07, 6.45) is 6.40. The summed E-state index contributed by atoms with van der Waals surface area (Å²) in [5.41, 5.74) is 0. The fraction of sp³-hybridized carbons (Fsp3) is 0.917. The van der Waals surface area contributed by atoms with Gasteiger partial charge in [-0.15, -0.1) is 0 Å². The van der Waals surface area contributed by atoms with Crippen LogP contribution >= 0.6 is 11.8 Å². The van der Waals surface area contributed by atoms with Crippen molar-refractivity contribution in [2.24, 2.45) is 5.92 Å².